The van der Waals surface area contributed by atoms with Gasteiger partial charge in [-0.1, -0.05) is 40.2 Å². The molecule has 0 aromatic heterocycles. The molecule has 0 saturated carbocycles. The lowest BCUT2D eigenvalue weighted by Crippen LogP contribution is -2.06. The molecule has 0 amide bonds. The first-order valence-corrected chi connectivity index (χ1v) is 7.00. The summed E-state index contributed by atoms with van der Waals surface area (Å²) in [7, 11) is 0. The molecular formula is C15H11BrF4O. The average Bonchev–Trinajstić information content (AvgIpc) is 2.43. The van der Waals surface area contributed by atoms with E-state index < -0.39 is 18.2 Å². The average molecular weight is 363 g/mol. The van der Waals surface area contributed by atoms with Gasteiger partial charge in [0.1, 0.15) is 5.75 Å². The van der Waals surface area contributed by atoms with Crippen LogP contribution in [0.4, 0.5) is 17.6 Å². The molecule has 0 heterocycles. The lowest BCUT2D eigenvalue weighted by Gasteiger charge is -2.15. The van der Waals surface area contributed by atoms with Crippen molar-refractivity contribution in [3.8, 4) is 5.75 Å². The van der Waals surface area contributed by atoms with E-state index >= 15 is 0 Å². The molecule has 21 heavy (non-hydrogen) atoms. The van der Waals surface area contributed by atoms with Crippen LogP contribution in [0.15, 0.2) is 42.5 Å². The molecule has 6 heteroatoms. The summed E-state index contributed by atoms with van der Waals surface area (Å²) in [6.07, 6.45) is 0.306. The van der Waals surface area contributed by atoms with Crippen LogP contribution in [0, 0.1) is 11.6 Å². The Morgan fingerprint density at radius 3 is 2.38 bits per heavy atom. The number of hydrogen-bond donors (Lipinski definition) is 0. The number of halogens is 5. The number of rotatable bonds is 5. The zero-order valence-electron chi connectivity index (χ0n) is 10.7. The van der Waals surface area contributed by atoms with Crippen LogP contribution in [-0.2, 0) is 6.42 Å². The molecule has 0 aliphatic carbocycles. The van der Waals surface area contributed by atoms with E-state index in [1.807, 2.05) is 0 Å². The summed E-state index contributed by atoms with van der Waals surface area (Å²) in [5.74, 6) is -1.81. The topological polar surface area (TPSA) is 9.23 Å². The lowest BCUT2D eigenvalue weighted by molar-refractivity contribution is -0.0504. The molecule has 1 unspecified atom stereocenters. The molecule has 1 nitrogen and oxygen atoms in total. The van der Waals surface area contributed by atoms with Crippen molar-refractivity contribution in [1.82, 2.24) is 0 Å². The fraction of sp³-hybridized carbons (Fsp3) is 0.200. The van der Waals surface area contributed by atoms with E-state index in [2.05, 4.69) is 20.7 Å². The molecule has 2 aromatic carbocycles. The molecule has 0 N–H and O–H groups in total. The second-order valence-corrected chi connectivity index (χ2v) is 5.44. The summed E-state index contributed by atoms with van der Waals surface area (Å²) >= 11 is 3.37. The monoisotopic (exact) mass is 362 g/mol. The summed E-state index contributed by atoms with van der Waals surface area (Å²) in [5, 5.41) is 0. The van der Waals surface area contributed by atoms with Crippen LogP contribution in [-0.4, -0.2) is 6.61 Å². The highest BCUT2D eigenvalue weighted by Gasteiger charge is 2.17. The molecule has 2 rings (SSSR count). The van der Waals surface area contributed by atoms with Crippen LogP contribution in [0.5, 0.6) is 5.75 Å². The van der Waals surface area contributed by atoms with Crippen molar-refractivity contribution in [2.75, 3.05) is 0 Å². The Balaban J connectivity index is 2.19. The molecule has 0 bridgehead atoms. The SMILES string of the molecule is Fc1ccc(CC(Br)c2ccccc2OC(F)F)cc1F. The van der Waals surface area contributed by atoms with Crippen LogP contribution < -0.4 is 4.74 Å². The second-order valence-electron chi connectivity index (χ2n) is 4.34. The maximum absolute atomic E-state index is 13.2. The third-order valence-corrected chi connectivity index (χ3v) is 3.69. The maximum atomic E-state index is 13.2. The number of hydrogen-bond acceptors (Lipinski definition) is 1. The van der Waals surface area contributed by atoms with Gasteiger partial charge in [0.2, 0.25) is 0 Å². The van der Waals surface area contributed by atoms with Gasteiger partial charge >= 0.3 is 6.61 Å². The van der Waals surface area contributed by atoms with Gasteiger partial charge in [0.25, 0.3) is 0 Å². The second kappa shape index (κ2) is 6.93. The molecule has 2 aromatic rings. The van der Waals surface area contributed by atoms with E-state index in [4.69, 9.17) is 0 Å². The third-order valence-electron chi connectivity index (χ3n) is 2.87. The minimum atomic E-state index is -2.92. The van der Waals surface area contributed by atoms with Crippen molar-refractivity contribution >= 4 is 15.9 Å². The molecule has 0 spiro atoms. The van der Waals surface area contributed by atoms with Crippen LogP contribution >= 0.6 is 15.9 Å². The number of para-hydroxylation sites is 1. The fourth-order valence-electron chi connectivity index (χ4n) is 1.93. The highest BCUT2D eigenvalue weighted by atomic mass is 79.9. The normalized spacial score (nSPS) is 12.5. The third kappa shape index (κ3) is 4.20. The fourth-order valence-corrected chi connectivity index (χ4v) is 2.68. The Morgan fingerprint density at radius 1 is 1.00 bits per heavy atom. The summed E-state index contributed by atoms with van der Waals surface area (Å²) < 4.78 is 55.2. The van der Waals surface area contributed by atoms with E-state index in [9.17, 15) is 17.6 Å². The zero-order chi connectivity index (χ0) is 15.4. The van der Waals surface area contributed by atoms with Gasteiger partial charge in [-0.05, 0) is 30.2 Å². The van der Waals surface area contributed by atoms with Gasteiger partial charge in [-0.3, -0.25) is 0 Å². The smallest absolute Gasteiger partial charge is 0.387 e. The van der Waals surface area contributed by atoms with Crippen molar-refractivity contribution < 1.29 is 22.3 Å². The van der Waals surface area contributed by atoms with Crippen molar-refractivity contribution in [1.29, 1.82) is 0 Å². The first-order valence-electron chi connectivity index (χ1n) is 6.09. The van der Waals surface area contributed by atoms with Gasteiger partial charge in [0.05, 0.1) is 0 Å². The number of alkyl halides is 3. The standard InChI is InChI=1S/C15H11BrF4O/c16-11(7-9-5-6-12(17)13(18)8-9)10-3-1-2-4-14(10)21-15(19)20/h1-6,8,11,15H,7H2. The van der Waals surface area contributed by atoms with Crippen LogP contribution in [0.25, 0.3) is 0 Å². The Morgan fingerprint density at radius 2 is 1.71 bits per heavy atom. The highest BCUT2D eigenvalue weighted by molar-refractivity contribution is 9.09. The van der Waals surface area contributed by atoms with Gasteiger partial charge in [-0.25, -0.2) is 8.78 Å². The van der Waals surface area contributed by atoms with E-state index in [0.717, 1.165) is 12.1 Å². The van der Waals surface area contributed by atoms with Crippen LogP contribution in [0.3, 0.4) is 0 Å². The zero-order valence-corrected chi connectivity index (χ0v) is 12.3. The van der Waals surface area contributed by atoms with Crippen molar-refractivity contribution in [2.45, 2.75) is 17.9 Å². The molecule has 0 aliphatic heterocycles. The van der Waals surface area contributed by atoms with Gasteiger partial charge in [-0.15, -0.1) is 0 Å². The van der Waals surface area contributed by atoms with Crippen LogP contribution in [0.2, 0.25) is 0 Å². The Labute approximate surface area is 127 Å². The van der Waals surface area contributed by atoms with E-state index in [-0.39, 0.29) is 10.6 Å². The Bertz CT molecular complexity index is 618. The minimum Gasteiger partial charge on any atom is -0.435 e. The predicted molar refractivity (Wildman–Crippen MR) is 74.8 cm³/mol. The molecule has 0 fully saturated rings. The minimum absolute atomic E-state index is 0.0527. The number of ether oxygens (including phenoxy) is 1. The van der Waals surface area contributed by atoms with Crippen molar-refractivity contribution in [3.63, 3.8) is 0 Å². The summed E-state index contributed by atoms with van der Waals surface area (Å²) in [5.41, 5.74) is 1.06. The van der Waals surface area contributed by atoms with E-state index in [1.165, 1.54) is 12.1 Å². The lowest BCUT2D eigenvalue weighted by atomic mass is 10.0. The Kier molecular flexibility index (Phi) is 5.22. The molecule has 0 saturated heterocycles. The van der Waals surface area contributed by atoms with Crippen LogP contribution in [0.1, 0.15) is 16.0 Å². The highest BCUT2D eigenvalue weighted by Crippen LogP contribution is 2.34. The first kappa shape index (κ1) is 15.8. The van der Waals surface area contributed by atoms with Crippen molar-refractivity contribution in [3.05, 3.63) is 65.2 Å². The van der Waals surface area contributed by atoms with Gasteiger partial charge in [-0.2, -0.15) is 8.78 Å². The molecular weight excluding hydrogens is 352 g/mol. The largest absolute Gasteiger partial charge is 0.435 e. The van der Waals surface area contributed by atoms with Gasteiger partial charge in [0.15, 0.2) is 11.6 Å². The molecule has 0 aliphatic rings. The first-order chi connectivity index (χ1) is 9.97. The molecule has 112 valence electrons. The predicted octanol–water partition coefficient (Wildman–Crippen LogP) is 5.24. The Hall–Kier alpha value is -1.56. The summed E-state index contributed by atoms with van der Waals surface area (Å²) in [6.45, 7) is -2.92. The van der Waals surface area contributed by atoms with Gasteiger partial charge < -0.3 is 4.74 Å². The summed E-state index contributed by atoms with van der Waals surface area (Å²) in [6, 6.07) is 9.90. The van der Waals surface area contributed by atoms with E-state index in [1.54, 1.807) is 18.2 Å². The summed E-state index contributed by atoms with van der Waals surface area (Å²) in [4.78, 5) is -0.364. The molecule has 1 atom stereocenters. The molecule has 0 radical (unpaired) electrons. The van der Waals surface area contributed by atoms with Crippen molar-refractivity contribution in [2.24, 2.45) is 0 Å². The quantitative estimate of drug-likeness (QED) is 0.521. The maximum Gasteiger partial charge on any atom is 0.387 e. The van der Waals surface area contributed by atoms with Gasteiger partial charge in [0, 0.05) is 10.4 Å². The number of benzene rings is 2. The van der Waals surface area contributed by atoms with E-state index in [0.29, 0.717) is 17.5 Å².